The van der Waals surface area contributed by atoms with Gasteiger partial charge < -0.3 is 9.84 Å². The molecule has 0 fully saturated rings. The normalized spacial score (nSPS) is 14.0. The monoisotopic (exact) mass is 248 g/mol. The summed E-state index contributed by atoms with van der Waals surface area (Å²) in [6.45, 7) is 3.61. The molecule has 0 bridgehead atoms. The summed E-state index contributed by atoms with van der Waals surface area (Å²) in [6.07, 6.45) is -0.739. The Balaban J connectivity index is 3.02. The average molecular weight is 249 g/mol. The van der Waals surface area contributed by atoms with Gasteiger partial charge in [0.2, 0.25) is 0 Å². The van der Waals surface area contributed by atoms with Crippen molar-refractivity contribution in [3.05, 3.63) is 33.8 Å². The molecular weight excluding hydrogens is 235 g/mol. The second kappa shape index (κ2) is 4.71. The van der Waals surface area contributed by atoms with Crippen LogP contribution in [0.5, 0.6) is 0 Å². The molecule has 2 nitrogen and oxygen atoms in total. The molecular formula is C11H14Cl2O2. The Morgan fingerprint density at radius 1 is 1.27 bits per heavy atom. The van der Waals surface area contributed by atoms with Crippen LogP contribution in [-0.2, 0) is 4.74 Å². The van der Waals surface area contributed by atoms with Crippen LogP contribution < -0.4 is 0 Å². The Morgan fingerprint density at radius 2 is 1.87 bits per heavy atom. The minimum absolute atomic E-state index is 0.431. The Labute approximate surface area is 99.8 Å². The maximum atomic E-state index is 10.0. The first-order chi connectivity index (χ1) is 6.88. The Kier molecular flexibility index (Phi) is 4.01. The summed E-state index contributed by atoms with van der Waals surface area (Å²) in [5.74, 6) is 0. The van der Waals surface area contributed by atoms with Crippen molar-refractivity contribution in [2.24, 2.45) is 0 Å². The molecule has 0 saturated carbocycles. The summed E-state index contributed by atoms with van der Waals surface area (Å²) in [5, 5.41) is 10.9. The zero-order valence-electron chi connectivity index (χ0n) is 8.92. The van der Waals surface area contributed by atoms with Gasteiger partial charge in [-0.2, -0.15) is 0 Å². The molecule has 15 heavy (non-hydrogen) atoms. The SMILES string of the molecule is COC(C)(C)C(O)c1ccc(Cl)c(Cl)c1. The summed E-state index contributed by atoms with van der Waals surface area (Å²) in [5.41, 5.74) is 0.0354. The van der Waals surface area contributed by atoms with Gasteiger partial charge in [0.1, 0.15) is 6.10 Å². The third-order valence-electron chi connectivity index (χ3n) is 2.44. The third-order valence-corrected chi connectivity index (χ3v) is 3.18. The molecule has 0 aliphatic rings. The molecule has 0 spiro atoms. The molecule has 1 N–H and O–H groups in total. The van der Waals surface area contributed by atoms with E-state index in [-0.39, 0.29) is 0 Å². The van der Waals surface area contributed by atoms with Gasteiger partial charge in [0.15, 0.2) is 0 Å². The summed E-state index contributed by atoms with van der Waals surface area (Å²) < 4.78 is 5.20. The highest BCUT2D eigenvalue weighted by Crippen LogP contribution is 2.32. The lowest BCUT2D eigenvalue weighted by molar-refractivity contribution is -0.0793. The van der Waals surface area contributed by atoms with E-state index in [0.29, 0.717) is 15.6 Å². The van der Waals surface area contributed by atoms with E-state index in [1.165, 1.54) is 0 Å². The highest BCUT2D eigenvalue weighted by atomic mass is 35.5. The molecule has 4 heteroatoms. The van der Waals surface area contributed by atoms with E-state index >= 15 is 0 Å². The molecule has 0 saturated heterocycles. The molecule has 0 aliphatic heterocycles. The van der Waals surface area contributed by atoms with Crippen LogP contribution in [0.1, 0.15) is 25.5 Å². The second-order valence-corrected chi connectivity index (χ2v) is 4.70. The van der Waals surface area contributed by atoms with Gasteiger partial charge in [0.25, 0.3) is 0 Å². The Bertz CT molecular complexity index is 350. The van der Waals surface area contributed by atoms with Crippen molar-refractivity contribution in [2.45, 2.75) is 25.6 Å². The van der Waals surface area contributed by atoms with Crippen molar-refractivity contribution in [3.63, 3.8) is 0 Å². The largest absolute Gasteiger partial charge is 0.385 e. The van der Waals surface area contributed by atoms with E-state index in [0.717, 1.165) is 0 Å². The van der Waals surface area contributed by atoms with Crippen LogP contribution >= 0.6 is 23.2 Å². The first kappa shape index (κ1) is 12.8. The van der Waals surface area contributed by atoms with Gasteiger partial charge in [0.05, 0.1) is 15.6 Å². The molecule has 1 aromatic carbocycles. The number of hydrogen-bond donors (Lipinski definition) is 1. The van der Waals surface area contributed by atoms with Crippen molar-refractivity contribution >= 4 is 23.2 Å². The highest BCUT2D eigenvalue weighted by molar-refractivity contribution is 6.42. The van der Waals surface area contributed by atoms with Crippen LogP contribution in [0.3, 0.4) is 0 Å². The fraction of sp³-hybridized carbons (Fsp3) is 0.455. The lowest BCUT2D eigenvalue weighted by Crippen LogP contribution is -2.31. The maximum absolute atomic E-state index is 10.0. The number of rotatable bonds is 3. The minimum atomic E-state index is -0.739. The first-order valence-electron chi connectivity index (χ1n) is 4.56. The zero-order chi connectivity index (χ0) is 11.6. The van der Waals surface area contributed by atoms with Crippen molar-refractivity contribution < 1.29 is 9.84 Å². The quantitative estimate of drug-likeness (QED) is 0.888. The Morgan fingerprint density at radius 3 is 2.33 bits per heavy atom. The fourth-order valence-corrected chi connectivity index (χ4v) is 1.50. The minimum Gasteiger partial charge on any atom is -0.385 e. The van der Waals surface area contributed by atoms with Crippen molar-refractivity contribution in [1.29, 1.82) is 0 Å². The highest BCUT2D eigenvalue weighted by Gasteiger charge is 2.28. The van der Waals surface area contributed by atoms with Crippen LogP contribution in [0.15, 0.2) is 18.2 Å². The van der Waals surface area contributed by atoms with Gasteiger partial charge in [-0.05, 0) is 31.5 Å². The summed E-state index contributed by atoms with van der Waals surface area (Å²) in [6, 6.07) is 5.04. The topological polar surface area (TPSA) is 29.5 Å². The standard InChI is InChI=1S/C11H14Cl2O2/c1-11(2,15-3)10(14)7-4-5-8(12)9(13)6-7/h4-6,10,14H,1-3H3. The fourth-order valence-electron chi connectivity index (χ4n) is 1.20. The first-order valence-corrected chi connectivity index (χ1v) is 5.32. The molecule has 1 atom stereocenters. The molecule has 0 heterocycles. The third kappa shape index (κ3) is 2.85. The molecule has 1 aromatic rings. The van der Waals surface area contributed by atoms with E-state index in [1.807, 2.05) is 0 Å². The van der Waals surface area contributed by atoms with E-state index < -0.39 is 11.7 Å². The number of ether oxygens (including phenoxy) is 1. The van der Waals surface area contributed by atoms with Crippen molar-refractivity contribution in [2.75, 3.05) is 7.11 Å². The van der Waals surface area contributed by atoms with Crippen LogP contribution in [0.2, 0.25) is 10.0 Å². The van der Waals surface area contributed by atoms with E-state index in [4.69, 9.17) is 27.9 Å². The van der Waals surface area contributed by atoms with Gasteiger partial charge in [0, 0.05) is 7.11 Å². The number of aliphatic hydroxyl groups is 1. The molecule has 1 rings (SSSR count). The second-order valence-electron chi connectivity index (χ2n) is 3.88. The number of hydrogen-bond acceptors (Lipinski definition) is 2. The predicted molar refractivity (Wildman–Crippen MR) is 62.5 cm³/mol. The lowest BCUT2D eigenvalue weighted by Gasteiger charge is -2.29. The smallest absolute Gasteiger partial charge is 0.107 e. The lowest BCUT2D eigenvalue weighted by atomic mass is 9.95. The predicted octanol–water partition coefficient (Wildman–Crippen LogP) is 3.45. The van der Waals surface area contributed by atoms with Crippen LogP contribution in [0, 0.1) is 0 Å². The van der Waals surface area contributed by atoms with E-state index in [9.17, 15) is 5.11 Å². The van der Waals surface area contributed by atoms with E-state index in [2.05, 4.69) is 0 Å². The van der Waals surface area contributed by atoms with Gasteiger partial charge >= 0.3 is 0 Å². The zero-order valence-corrected chi connectivity index (χ0v) is 10.4. The number of aliphatic hydroxyl groups excluding tert-OH is 1. The summed E-state index contributed by atoms with van der Waals surface area (Å²) in [4.78, 5) is 0. The van der Waals surface area contributed by atoms with Crippen LogP contribution in [0.25, 0.3) is 0 Å². The molecule has 84 valence electrons. The molecule has 1 unspecified atom stereocenters. The number of benzene rings is 1. The van der Waals surface area contributed by atoms with Crippen LogP contribution in [-0.4, -0.2) is 17.8 Å². The summed E-state index contributed by atoms with van der Waals surface area (Å²) in [7, 11) is 1.56. The van der Waals surface area contributed by atoms with Crippen molar-refractivity contribution in [3.8, 4) is 0 Å². The van der Waals surface area contributed by atoms with Crippen LogP contribution in [0.4, 0.5) is 0 Å². The molecule has 0 aliphatic carbocycles. The van der Waals surface area contributed by atoms with E-state index in [1.54, 1.807) is 39.2 Å². The maximum Gasteiger partial charge on any atom is 0.107 e. The average Bonchev–Trinajstić information content (AvgIpc) is 2.21. The number of halogens is 2. The van der Waals surface area contributed by atoms with Gasteiger partial charge in [-0.25, -0.2) is 0 Å². The van der Waals surface area contributed by atoms with Gasteiger partial charge in [-0.15, -0.1) is 0 Å². The molecule has 0 radical (unpaired) electrons. The summed E-state index contributed by atoms with van der Waals surface area (Å²) >= 11 is 11.7. The Hall–Kier alpha value is -0.280. The molecule has 0 amide bonds. The number of methoxy groups -OCH3 is 1. The van der Waals surface area contributed by atoms with Crippen molar-refractivity contribution in [1.82, 2.24) is 0 Å². The van der Waals surface area contributed by atoms with Gasteiger partial charge in [-0.3, -0.25) is 0 Å². The molecule has 0 aromatic heterocycles. The van der Waals surface area contributed by atoms with Gasteiger partial charge in [-0.1, -0.05) is 29.3 Å².